The Bertz CT molecular complexity index is 655. The lowest BCUT2D eigenvalue weighted by atomic mass is 10.1. The third kappa shape index (κ3) is 5.77. The number of carbonyl (C=O) groups excluding carboxylic acids is 2. The summed E-state index contributed by atoms with van der Waals surface area (Å²) in [4.78, 5) is 25.6. The Hall–Kier alpha value is -1.47. The average molecular weight is 397 g/mol. The van der Waals surface area contributed by atoms with Crippen molar-refractivity contribution in [3.8, 4) is 0 Å². The number of nitrogens with one attached hydrogen (secondary N) is 2. The van der Waals surface area contributed by atoms with Gasteiger partial charge < -0.3 is 15.4 Å². The van der Waals surface area contributed by atoms with Crippen molar-refractivity contribution in [1.82, 2.24) is 5.32 Å². The number of amides is 1. The SMILES string of the molecule is CCCCCCCC(=O)NC(=S)Nc1sc2c(c1C(=O)OCC)CCC2. The van der Waals surface area contributed by atoms with Gasteiger partial charge in [0.05, 0.1) is 12.2 Å². The summed E-state index contributed by atoms with van der Waals surface area (Å²) in [6, 6.07) is 0. The Morgan fingerprint density at radius 2 is 1.92 bits per heavy atom. The van der Waals surface area contributed by atoms with E-state index in [9.17, 15) is 9.59 Å². The van der Waals surface area contributed by atoms with Crippen LogP contribution < -0.4 is 10.6 Å². The van der Waals surface area contributed by atoms with E-state index in [1.807, 2.05) is 0 Å². The Morgan fingerprint density at radius 1 is 1.15 bits per heavy atom. The van der Waals surface area contributed by atoms with Crippen molar-refractivity contribution < 1.29 is 14.3 Å². The predicted molar refractivity (Wildman–Crippen MR) is 110 cm³/mol. The molecule has 1 heterocycles. The Labute approximate surface area is 164 Å². The highest BCUT2D eigenvalue weighted by molar-refractivity contribution is 7.80. The highest BCUT2D eigenvalue weighted by Gasteiger charge is 2.28. The molecule has 0 spiro atoms. The topological polar surface area (TPSA) is 67.4 Å². The molecule has 1 aliphatic rings. The summed E-state index contributed by atoms with van der Waals surface area (Å²) in [5.74, 6) is -0.403. The van der Waals surface area contributed by atoms with Gasteiger partial charge in [-0.05, 0) is 50.4 Å². The molecular weight excluding hydrogens is 368 g/mol. The van der Waals surface area contributed by atoms with E-state index in [-0.39, 0.29) is 17.0 Å². The van der Waals surface area contributed by atoms with Crippen LogP contribution in [0.5, 0.6) is 0 Å². The lowest BCUT2D eigenvalue weighted by Gasteiger charge is -2.11. The molecule has 1 aromatic heterocycles. The Kier molecular flexibility index (Phi) is 8.51. The van der Waals surface area contributed by atoms with Crippen molar-refractivity contribution in [2.24, 2.45) is 0 Å². The molecule has 2 N–H and O–H groups in total. The molecule has 1 aliphatic carbocycles. The summed E-state index contributed by atoms with van der Waals surface area (Å²) in [6.07, 6.45) is 8.89. The van der Waals surface area contributed by atoms with Gasteiger partial charge in [-0.1, -0.05) is 32.6 Å². The van der Waals surface area contributed by atoms with Crippen LogP contribution in [0.2, 0.25) is 0 Å². The third-order valence-corrected chi connectivity index (χ3v) is 5.80. The molecule has 26 heavy (non-hydrogen) atoms. The van der Waals surface area contributed by atoms with Gasteiger partial charge in [0.15, 0.2) is 5.11 Å². The summed E-state index contributed by atoms with van der Waals surface area (Å²) in [7, 11) is 0. The number of anilines is 1. The molecule has 0 radical (unpaired) electrons. The van der Waals surface area contributed by atoms with Gasteiger partial charge in [-0.25, -0.2) is 4.79 Å². The second kappa shape index (κ2) is 10.6. The summed E-state index contributed by atoms with van der Waals surface area (Å²) in [6.45, 7) is 4.30. The number of hydrogen-bond donors (Lipinski definition) is 2. The molecule has 5 nitrogen and oxygen atoms in total. The molecule has 1 amide bonds. The molecule has 0 fully saturated rings. The first-order chi connectivity index (χ1) is 12.6. The van der Waals surface area contributed by atoms with Gasteiger partial charge in [0.25, 0.3) is 0 Å². The number of unbranched alkanes of at least 4 members (excludes halogenated alkanes) is 4. The maximum atomic E-state index is 12.3. The van der Waals surface area contributed by atoms with Gasteiger partial charge in [0.1, 0.15) is 5.00 Å². The second-order valence-electron chi connectivity index (χ2n) is 6.45. The molecule has 1 aromatic rings. The molecule has 0 aliphatic heterocycles. The van der Waals surface area contributed by atoms with Crippen LogP contribution in [-0.4, -0.2) is 23.6 Å². The minimum Gasteiger partial charge on any atom is -0.462 e. The van der Waals surface area contributed by atoms with E-state index in [0.29, 0.717) is 23.6 Å². The maximum Gasteiger partial charge on any atom is 0.341 e. The first-order valence-corrected chi connectivity index (χ1v) is 10.7. The molecule has 0 saturated heterocycles. The van der Waals surface area contributed by atoms with Gasteiger partial charge in [-0.3, -0.25) is 4.79 Å². The molecule has 0 aromatic carbocycles. The van der Waals surface area contributed by atoms with Crippen molar-refractivity contribution in [2.75, 3.05) is 11.9 Å². The van der Waals surface area contributed by atoms with Gasteiger partial charge in [-0.15, -0.1) is 11.3 Å². The fraction of sp³-hybridized carbons (Fsp3) is 0.632. The number of hydrogen-bond acceptors (Lipinski definition) is 5. The summed E-state index contributed by atoms with van der Waals surface area (Å²) in [5.41, 5.74) is 1.65. The van der Waals surface area contributed by atoms with Crippen LogP contribution in [0.15, 0.2) is 0 Å². The van der Waals surface area contributed by atoms with Crippen LogP contribution in [0.25, 0.3) is 0 Å². The summed E-state index contributed by atoms with van der Waals surface area (Å²) >= 11 is 6.80. The summed E-state index contributed by atoms with van der Waals surface area (Å²) in [5, 5.41) is 6.68. The number of ether oxygens (including phenoxy) is 1. The minimum atomic E-state index is -0.320. The van der Waals surface area contributed by atoms with Crippen LogP contribution in [0, 0.1) is 0 Å². The molecule has 0 atom stereocenters. The standard InChI is InChI=1S/C19H28N2O3S2/c1-3-5-6-7-8-12-15(22)20-19(25)21-17-16(18(23)24-4-2)13-10-9-11-14(13)26-17/h3-12H2,1-2H3,(H2,20,21,22,25). The molecule has 0 unspecified atom stereocenters. The number of aryl methyl sites for hydroxylation is 1. The van der Waals surface area contributed by atoms with Crippen LogP contribution in [-0.2, 0) is 22.4 Å². The quantitative estimate of drug-likeness (QED) is 0.363. The van der Waals surface area contributed by atoms with E-state index in [4.69, 9.17) is 17.0 Å². The van der Waals surface area contributed by atoms with Crippen molar-refractivity contribution >= 4 is 45.5 Å². The minimum absolute atomic E-state index is 0.0826. The van der Waals surface area contributed by atoms with Gasteiger partial charge in [0, 0.05) is 11.3 Å². The third-order valence-electron chi connectivity index (χ3n) is 4.39. The smallest absolute Gasteiger partial charge is 0.341 e. The van der Waals surface area contributed by atoms with Gasteiger partial charge in [-0.2, -0.15) is 0 Å². The monoisotopic (exact) mass is 396 g/mol. The second-order valence-corrected chi connectivity index (χ2v) is 7.96. The van der Waals surface area contributed by atoms with Crippen molar-refractivity contribution in [3.05, 3.63) is 16.0 Å². The molecule has 0 saturated carbocycles. The van der Waals surface area contributed by atoms with Gasteiger partial charge in [0.2, 0.25) is 5.91 Å². The highest BCUT2D eigenvalue weighted by Crippen LogP contribution is 2.39. The van der Waals surface area contributed by atoms with E-state index in [1.165, 1.54) is 29.1 Å². The fourth-order valence-corrected chi connectivity index (χ4v) is 4.69. The van der Waals surface area contributed by atoms with E-state index in [0.717, 1.165) is 44.1 Å². The van der Waals surface area contributed by atoms with Crippen LogP contribution in [0.4, 0.5) is 5.00 Å². The number of carbonyl (C=O) groups is 2. The fourth-order valence-electron chi connectivity index (χ4n) is 3.12. The number of thiophene rings is 1. The lowest BCUT2D eigenvalue weighted by molar-refractivity contribution is -0.119. The first kappa shape index (κ1) is 20.8. The zero-order valence-electron chi connectivity index (χ0n) is 15.6. The first-order valence-electron chi connectivity index (χ1n) is 9.49. The average Bonchev–Trinajstić information content (AvgIpc) is 3.15. The Morgan fingerprint density at radius 3 is 2.65 bits per heavy atom. The van der Waals surface area contributed by atoms with E-state index in [2.05, 4.69) is 17.6 Å². The summed E-state index contributed by atoms with van der Waals surface area (Å²) < 4.78 is 5.20. The number of rotatable bonds is 9. The number of fused-ring (bicyclic) bond motifs is 1. The molecule has 144 valence electrons. The molecule has 2 rings (SSSR count). The zero-order valence-corrected chi connectivity index (χ0v) is 17.2. The van der Waals surface area contributed by atoms with Crippen LogP contribution >= 0.6 is 23.6 Å². The molecule has 7 heteroatoms. The van der Waals surface area contributed by atoms with Crippen molar-refractivity contribution in [1.29, 1.82) is 0 Å². The zero-order chi connectivity index (χ0) is 18.9. The van der Waals surface area contributed by atoms with Crippen molar-refractivity contribution in [3.63, 3.8) is 0 Å². The van der Waals surface area contributed by atoms with E-state index in [1.54, 1.807) is 6.92 Å². The van der Waals surface area contributed by atoms with E-state index >= 15 is 0 Å². The number of thiocarbonyl (C=S) groups is 1. The van der Waals surface area contributed by atoms with Crippen LogP contribution in [0.1, 0.15) is 79.6 Å². The largest absolute Gasteiger partial charge is 0.462 e. The number of esters is 1. The van der Waals surface area contributed by atoms with Gasteiger partial charge >= 0.3 is 5.97 Å². The Balaban J connectivity index is 1.90. The van der Waals surface area contributed by atoms with Crippen molar-refractivity contribution in [2.45, 2.75) is 71.6 Å². The highest BCUT2D eigenvalue weighted by atomic mass is 32.1. The maximum absolute atomic E-state index is 12.3. The predicted octanol–water partition coefficient (Wildman–Crippen LogP) is 4.59. The van der Waals surface area contributed by atoms with Crippen LogP contribution in [0.3, 0.4) is 0 Å². The lowest BCUT2D eigenvalue weighted by Crippen LogP contribution is -2.34. The molecule has 0 bridgehead atoms. The normalized spacial score (nSPS) is 12.5. The van der Waals surface area contributed by atoms with E-state index < -0.39 is 0 Å². The molecular formula is C19H28N2O3S2.